The van der Waals surface area contributed by atoms with Crippen molar-refractivity contribution in [2.24, 2.45) is 0 Å². The van der Waals surface area contributed by atoms with Crippen LogP contribution < -0.4 is 5.32 Å². The number of benzene rings is 2. The van der Waals surface area contributed by atoms with Crippen LogP contribution in [0.2, 0.25) is 0 Å². The maximum Gasteiger partial charge on any atom is 0.226 e. The normalized spacial score (nSPS) is 12.1. The van der Waals surface area contributed by atoms with Gasteiger partial charge in [-0.05, 0) is 38.1 Å². The molecule has 1 atom stereocenters. The van der Waals surface area contributed by atoms with Crippen molar-refractivity contribution >= 4 is 5.91 Å². The van der Waals surface area contributed by atoms with Gasteiger partial charge in [-0.15, -0.1) is 0 Å². The molecule has 0 aliphatic heterocycles. The van der Waals surface area contributed by atoms with Crippen LogP contribution in [0.1, 0.15) is 42.8 Å². The molecule has 1 N–H and O–H groups in total. The van der Waals surface area contributed by atoms with Gasteiger partial charge in [-0.1, -0.05) is 66.7 Å². The molecule has 1 aromatic heterocycles. The minimum Gasteiger partial charge on any atom is -0.354 e. The first kappa shape index (κ1) is 21.7. The molecule has 0 fully saturated rings. The van der Waals surface area contributed by atoms with Gasteiger partial charge in [-0.2, -0.15) is 4.98 Å². The van der Waals surface area contributed by atoms with E-state index in [4.69, 9.17) is 4.52 Å². The summed E-state index contributed by atoms with van der Waals surface area (Å²) in [5.41, 5.74) is 3.44. The van der Waals surface area contributed by atoms with Gasteiger partial charge in [-0.25, -0.2) is 0 Å². The first-order valence-corrected chi connectivity index (χ1v) is 10.5. The van der Waals surface area contributed by atoms with Crippen LogP contribution in [-0.2, 0) is 17.6 Å². The number of hydrogen-bond donors (Lipinski definition) is 1. The summed E-state index contributed by atoms with van der Waals surface area (Å²) in [4.78, 5) is 18.9. The zero-order valence-electron chi connectivity index (χ0n) is 18.0. The van der Waals surface area contributed by atoms with E-state index in [-0.39, 0.29) is 11.9 Å². The fourth-order valence-electron chi connectivity index (χ4n) is 3.33. The largest absolute Gasteiger partial charge is 0.354 e. The fraction of sp³-hybridized carbons (Fsp3) is 0.375. The summed E-state index contributed by atoms with van der Waals surface area (Å²) in [6.45, 7) is 2.73. The number of nitrogens with one attached hydrogen (secondary N) is 1. The standard InChI is InChI=1S/C24H30N4O2/c1-4-18-13-15-19(16-14-18)21(28(2)3)17-25-22(29)11-8-12-23-26-24(27-30-23)20-9-6-5-7-10-20/h5-7,9-10,13-16,21H,4,8,11-12,17H2,1-3H3,(H,25,29). The number of carbonyl (C=O) groups excluding carboxylic acids is 1. The predicted octanol–water partition coefficient (Wildman–Crippen LogP) is 4.04. The minimum atomic E-state index is 0.0369. The Labute approximate surface area is 178 Å². The van der Waals surface area contributed by atoms with Crippen LogP contribution in [0.4, 0.5) is 0 Å². The van der Waals surface area contributed by atoms with Crippen molar-refractivity contribution in [3.05, 3.63) is 71.6 Å². The zero-order chi connectivity index (χ0) is 21.3. The number of amides is 1. The number of rotatable bonds is 10. The van der Waals surface area contributed by atoms with Gasteiger partial charge in [0.25, 0.3) is 0 Å². The Balaban J connectivity index is 1.45. The second kappa shape index (κ2) is 10.7. The van der Waals surface area contributed by atoms with E-state index in [1.54, 1.807) is 0 Å². The molecule has 3 rings (SSSR count). The summed E-state index contributed by atoms with van der Waals surface area (Å²) in [7, 11) is 4.06. The minimum absolute atomic E-state index is 0.0369. The van der Waals surface area contributed by atoms with Gasteiger partial charge < -0.3 is 14.7 Å². The lowest BCUT2D eigenvalue weighted by Crippen LogP contribution is -2.34. The van der Waals surface area contributed by atoms with Gasteiger partial charge >= 0.3 is 0 Å². The third-order valence-electron chi connectivity index (χ3n) is 5.18. The van der Waals surface area contributed by atoms with E-state index >= 15 is 0 Å². The molecule has 6 nitrogen and oxygen atoms in total. The lowest BCUT2D eigenvalue weighted by atomic mass is 10.0. The smallest absolute Gasteiger partial charge is 0.226 e. The number of aromatic nitrogens is 2. The summed E-state index contributed by atoms with van der Waals surface area (Å²) in [5.74, 6) is 1.18. The van der Waals surface area contributed by atoms with Crippen LogP contribution in [0.25, 0.3) is 11.4 Å². The lowest BCUT2D eigenvalue weighted by Gasteiger charge is -2.25. The van der Waals surface area contributed by atoms with E-state index in [2.05, 4.69) is 51.5 Å². The third kappa shape index (κ3) is 6.00. The Morgan fingerprint density at radius 2 is 1.83 bits per heavy atom. The van der Waals surface area contributed by atoms with Crippen molar-refractivity contribution < 1.29 is 9.32 Å². The van der Waals surface area contributed by atoms with Crippen LogP contribution >= 0.6 is 0 Å². The molecule has 0 aliphatic rings. The van der Waals surface area contributed by atoms with Crippen molar-refractivity contribution in [3.8, 4) is 11.4 Å². The Kier molecular flexibility index (Phi) is 7.74. The Morgan fingerprint density at radius 3 is 2.50 bits per heavy atom. The maximum atomic E-state index is 12.3. The molecule has 3 aromatic rings. The van der Waals surface area contributed by atoms with E-state index in [1.807, 2.05) is 44.4 Å². The molecule has 2 aromatic carbocycles. The van der Waals surface area contributed by atoms with Crippen molar-refractivity contribution in [2.45, 2.75) is 38.6 Å². The van der Waals surface area contributed by atoms with Crippen LogP contribution in [0, 0.1) is 0 Å². The zero-order valence-corrected chi connectivity index (χ0v) is 18.0. The van der Waals surface area contributed by atoms with Crippen molar-refractivity contribution in [2.75, 3.05) is 20.6 Å². The Morgan fingerprint density at radius 1 is 1.10 bits per heavy atom. The summed E-state index contributed by atoms with van der Waals surface area (Å²) >= 11 is 0. The van der Waals surface area contributed by atoms with Gasteiger partial charge in [-0.3, -0.25) is 4.79 Å². The second-order valence-corrected chi connectivity index (χ2v) is 7.61. The van der Waals surface area contributed by atoms with Crippen molar-refractivity contribution in [1.82, 2.24) is 20.4 Å². The molecule has 158 valence electrons. The Hall–Kier alpha value is -2.99. The van der Waals surface area contributed by atoms with Crippen molar-refractivity contribution in [3.63, 3.8) is 0 Å². The molecule has 1 heterocycles. The van der Waals surface area contributed by atoms with Gasteiger partial charge in [0.1, 0.15) is 0 Å². The quantitative estimate of drug-likeness (QED) is 0.550. The summed E-state index contributed by atoms with van der Waals surface area (Å²) in [5, 5.41) is 7.08. The average Bonchev–Trinajstić information content (AvgIpc) is 3.24. The van der Waals surface area contributed by atoms with E-state index in [0.717, 1.165) is 12.0 Å². The number of hydrogen-bond acceptors (Lipinski definition) is 5. The highest BCUT2D eigenvalue weighted by Crippen LogP contribution is 2.19. The number of aryl methyl sites for hydroxylation is 2. The molecule has 1 amide bonds. The highest BCUT2D eigenvalue weighted by molar-refractivity contribution is 5.75. The highest BCUT2D eigenvalue weighted by Gasteiger charge is 2.15. The molecular formula is C24H30N4O2. The summed E-state index contributed by atoms with van der Waals surface area (Å²) < 4.78 is 5.31. The third-order valence-corrected chi connectivity index (χ3v) is 5.18. The van der Waals surface area contributed by atoms with Crippen molar-refractivity contribution in [1.29, 1.82) is 0 Å². The van der Waals surface area contributed by atoms with E-state index in [0.29, 0.717) is 37.5 Å². The number of nitrogens with zero attached hydrogens (tertiary/aromatic N) is 3. The number of likely N-dealkylation sites (N-methyl/N-ethyl adjacent to an activating group) is 1. The molecular weight excluding hydrogens is 376 g/mol. The van der Waals surface area contributed by atoms with Gasteiger partial charge in [0.15, 0.2) is 0 Å². The van der Waals surface area contributed by atoms with Crippen LogP contribution in [0.5, 0.6) is 0 Å². The topological polar surface area (TPSA) is 71.3 Å². The monoisotopic (exact) mass is 406 g/mol. The van der Waals surface area contributed by atoms with Gasteiger partial charge in [0, 0.05) is 24.9 Å². The molecule has 30 heavy (non-hydrogen) atoms. The average molecular weight is 407 g/mol. The molecule has 0 saturated heterocycles. The molecule has 0 aliphatic carbocycles. The molecule has 6 heteroatoms. The fourth-order valence-corrected chi connectivity index (χ4v) is 3.33. The maximum absolute atomic E-state index is 12.3. The summed E-state index contributed by atoms with van der Waals surface area (Å²) in [6.07, 6.45) is 2.71. The van der Waals surface area contributed by atoms with Crippen LogP contribution in [-0.4, -0.2) is 41.6 Å². The first-order valence-electron chi connectivity index (χ1n) is 10.5. The second-order valence-electron chi connectivity index (χ2n) is 7.61. The molecule has 0 spiro atoms. The Bertz CT molecular complexity index is 920. The molecule has 0 saturated carbocycles. The van der Waals surface area contributed by atoms with Crippen LogP contribution in [0.15, 0.2) is 59.1 Å². The molecule has 0 bridgehead atoms. The van der Waals surface area contributed by atoms with Gasteiger partial charge in [0.05, 0.1) is 6.04 Å². The van der Waals surface area contributed by atoms with E-state index in [1.165, 1.54) is 11.1 Å². The van der Waals surface area contributed by atoms with E-state index in [9.17, 15) is 4.79 Å². The molecule has 1 unspecified atom stereocenters. The highest BCUT2D eigenvalue weighted by atomic mass is 16.5. The van der Waals surface area contributed by atoms with Gasteiger partial charge in [0.2, 0.25) is 17.6 Å². The molecule has 0 radical (unpaired) electrons. The predicted molar refractivity (Wildman–Crippen MR) is 118 cm³/mol. The number of carbonyl (C=O) groups is 1. The van der Waals surface area contributed by atoms with E-state index < -0.39 is 0 Å². The lowest BCUT2D eigenvalue weighted by molar-refractivity contribution is -0.121. The van der Waals surface area contributed by atoms with Crippen LogP contribution in [0.3, 0.4) is 0 Å². The summed E-state index contributed by atoms with van der Waals surface area (Å²) in [6, 6.07) is 18.5. The SMILES string of the molecule is CCc1ccc(C(CNC(=O)CCCc2nc(-c3ccccc3)no2)N(C)C)cc1. The first-order chi connectivity index (χ1) is 14.6.